The molecule has 0 heterocycles. The van der Waals surface area contributed by atoms with Gasteiger partial charge in [0.2, 0.25) is 0 Å². The number of thioether (sulfide) groups is 1. The average molecular weight is 304 g/mol. The van der Waals surface area contributed by atoms with Gasteiger partial charge in [-0.15, -0.1) is 0 Å². The summed E-state index contributed by atoms with van der Waals surface area (Å²) in [6.45, 7) is 3.00. The number of amides is 1. The van der Waals surface area contributed by atoms with E-state index in [2.05, 4.69) is 23.4 Å². The van der Waals surface area contributed by atoms with E-state index in [4.69, 9.17) is 5.73 Å². The Morgan fingerprint density at radius 3 is 2.86 bits per heavy atom. The molecule has 1 amide bonds. The van der Waals surface area contributed by atoms with Crippen LogP contribution in [-0.4, -0.2) is 31.0 Å². The van der Waals surface area contributed by atoms with E-state index in [-0.39, 0.29) is 5.91 Å². The Labute approximate surface area is 132 Å². The molecule has 0 spiro atoms. The van der Waals surface area contributed by atoms with Gasteiger partial charge in [-0.25, -0.2) is 0 Å². The van der Waals surface area contributed by atoms with Crippen molar-refractivity contribution in [3.05, 3.63) is 34.9 Å². The second kappa shape index (κ2) is 10.3. The molecule has 0 aliphatic carbocycles. The molecule has 0 saturated heterocycles. The maximum absolute atomic E-state index is 12.2. The Bertz CT molecular complexity index is 517. The summed E-state index contributed by atoms with van der Waals surface area (Å²) >= 11 is 1.86. The van der Waals surface area contributed by atoms with E-state index in [1.807, 2.05) is 36.9 Å². The lowest BCUT2D eigenvalue weighted by atomic mass is 10.0. The standard InChI is InChI=1S/C17H24N2OS/c1-14-8-9-16(15(13-14)7-6-10-18)17(20)19-11-4-3-5-12-21-2/h8-9,13H,3-5,10-12,18H2,1-2H3,(H,19,20). The van der Waals surface area contributed by atoms with Gasteiger partial charge in [0, 0.05) is 12.1 Å². The third-order valence-corrected chi connectivity index (χ3v) is 3.75. The summed E-state index contributed by atoms with van der Waals surface area (Å²) < 4.78 is 0. The van der Waals surface area contributed by atoms with Crippen LogP contribution in [0.5, 0.6) is 0 Å². The van der Waals surface area contributed by atoms with Crippen LogP contribution in [-0.2, 0) is 0 Å². The molecule has 4 heteroatoms. The van der Waals surface area contributed by atoms with Crippen LogP contribution < -0.4 is 11.1 Å². The van der Waals surface area contributed by atoms with E-state index in [9.17, 15) is 4.79 Å². The maximum atomic E-state index is 12.2. The smallest absolute Gasteiger partial charge is 0.252 e. The summed E-state index contributed by atoms with van der Waals surface area (Å²) in [4.78, 5) is 12.2. The van der Waals surface area contributed by atoms with Crippen molar-refractivity contribution in [2.45, 2.75) is 26.2 Å². The van der Waals surface area contributed by atoms with Crippen LogP contribution in [0.4, 0.5) is 0 Å². The summed E-state index contributed by atoms with van der Waals surface area (Å²) in [5.74, 6) is 6.92. The van der Waals surface area contributed by atoms with Crippen molar-refractivity contribution in [3.63, 3.8) is 0 Å². The van der Waals surface area contributed by atoms with Crippen molar-refractivity contribution >= 4 is 17.7 Å². The summed E-state index contributed by atoms with van der Waals surface area (Å²) in [6, 6.07) is 5.69. The van der Waals surface area contributed by atoms with E-state index in [1.165, 1.54) is 12.2 Å². The van der Waals surface area contributed by atoms with Gasteiger partial charge in [-0.3, -0.25) is 4.79 Å². The molecule has 1 aromatic carbocycles. The second-order valence-corrected chi connectivity index (χ2v) is 5.85. The SMILES string of the molecule is CSCCCCCNC(=O)c1ccc(C)cc1C#CCN. The average Bonchev–Trinajstić information content (AvgIpc) is 2.48. The minimum atomic E-state index is -0.0545. The van der Waals surface area contributed by atoms with Crippen molar-refractivity contribution in [2.75, 3.05) is 25.1 Å². The lowest BCUT2D eigenvalue weighted by molar-refractivity contribution is 0.0953. The second-order valence-electron chi connectivity index (χ2n) is 4.86. The van der Waals surface area contributed by atoms with E-state index < -0.39 is 0 Å². The topological polar surface area (TPSA) is 55.1 Å². The quantitative estimate of drug-likeness (QED) is 0.601. The van der Waals surface area contributed by atoms with E-state index >= 15 is 0 Å². The van der Waals surface area contributed by atoms with E-state index in [0.29, 0.717) is 18.7 Å². The number of nitrogens with one attached hydrogen (secondary N) is 1. The molecule has 114 valence electrons. The van der Waals surface area contributed by atoms with Gasteiger partial charge in [-0.05, 0) is 49.5 Å². The zero-order valence-corrected chi connectivity index (χ0v) is 13.7. The van der Waals surface area contributed by atoms with Crippen LogP contribution in [0.2, 0.25) is 0 Å². The fraction of sp³-hybridized carbons (Fsp3) is 0.471. The molecule has 0 saturated carbocycles. The summed E-state index contributed by atoms with van der Waals surface area (Å²) in [5, 5.41) is 2.97. The Morgan fingerprint density at radius 1 is 1.33 bits per heavy atom. The molecule has 0 atom stereocenters. The van der Waals surface area contributed by atoms with E-state index in [0.717, 1.165) is 24.0 Å². The van der Waals surface area contributed by atoms with Gasteiger partial charge in [-0.1, -0.05) is 24.3 Å². The fourth-order valence-electron chi connectivity index (χ4n) is 1.95. The Morgan fingerprint density at radius 2 is 2.14 bits per heavy atom. The van der Waals surface area contributed by atoms with Gasteiger partial charge in [-0.2, -0.15) is 11.8 Å². The normalized spacial score (nSPS) is 9.86. The number of hydrogen-bond acceptors (Lipinski definition) is 3. The molecule has 0 bridgehead atoms. The number of nitrogens with two attached hydrogens (primary N) is 1. The lowest BCUT2D eigenvalue weighted by Gasteiger charge is -2.08. The van der Waals surface area contributed by atoms with Gasteiger partial charge in [0.15, 0.2) is 0 Å². The van der Waals surface area contributed by atoms with Crippen molar-refractivity contribution in [2.24, 2.45) is 5.73 Å². The highest BCUT2D eigenvalue weighted by Crippen LogP contribution is 2.11. The molecule has 0 radical (unpaired) electrons. The molecule has 3 N–H and O–H groups in total. The summed E-state index contributed by atoms with van der Waals surface area (Å²) in [5.41, 5.74) is 7.87. The van der Waals surface area contributed by atoms with Gasteiger partial charge < -0.3 is 11.1 Å². The highest BCUT2D eigenvalue weighted by molar-refractivity contribution is 7.98. The number of aryl methyl sites for hydroxylation is 1. The first-order valence-electron chi connectivity index (χ1n) is 7.25. The van der Waals surface area contributed by atoms with Crippen LogP contribution in [0.1, 0.15) is 40.7 Å². The molecular formula is C17H24N2OS. The first-order chi connectivity index (χ1) is 10.2. The third kappa shape index (κ3) is 6.70. The highest BCUT2D eigenvalue weighted by Gasteiger charge is 2.09. The number of carbonyl (C=O) groups excluding carboxylic acids is 1. The molecule has 3 nitrogen and oxygen atoms in total. The van der Waals surface area contributed by atoms with Gasteiger partial charge in [0.1, 0.15) is 0 Å². The number of unbranched alkanes of at least 4 members (excludes halogenated alkanes) is 2. The van der Waals surface area contributed by atoms with Crippen LogP contribution in [0.25, 0.3) is 0 Å². The monoisotopic (exact) mass is 304 g/mol. The van der Waals surface area contributed by atoms with Crippen molar-refractivity contribution < 1.29 is 4.79 Å². The van der Waals surface area contributed by atoms with Crippen LogP contribution in [0.3, 0.4) is 0 Å². The minimum absolute atomic E-state index is 0.0545. The molecule has 21 heavy (non-hydrogen) atoms. The number of hydrogen-bond donors (Lipinski definition) is 2. The number of rotatable bonds is 7. The highest BCUT2D eigenvalue weighted by atomic mass is 32.2. The predicted octanol–water partition coefficient (Wildman–Crippen LogP) is 2.57. The maximum Gasteiger partial charge on any atom is 0.252 e. The first-order valence-corrected chi connectivity index (χ1v) is 8.65. The van der Waals surface area contributed by atoms with Crippen molar-refractivity contribution in [1.82, 2.24) is 5.32 Å². The zero-order chi connectivity index (χ0) is 15.5. The molecule has 0 unspecified atom stereocenters. The Balaban J connectivity index is 2.57. The lowest BCUT2D eigenvalue weighted by Crippen LogP contribution is -2.25. The first kappa shape index (κ1) is 17.6. The molecule has 0 aliphatic rings. The molecular weight excluding hydrogens is 280 g/mol. The fourth-order valence-corrected chi connectivity index (χ4v) is 2.44. The van der Waals surface area contributed by atoms with Gasteiger partial charge in [0.25, 0.3) is 5.91 Å². The van der Waals surface area contributed by atoms with Crippen LogP contribution in [0.15, 0.2) is 18.2 Å². The Hall–Kier alpha value is -1.44. The van der Waals surface area contributed by atoms with Gasteiger partial charge >= 0.3 is 0 Å². The van der Waals surface area contributed by atoms with Crippen LogP contribution >= 0.6 is 11.8 Å². The summed E-state index contributed by atoms with van der Waals surface area (Å²) in [6.07, 6.45) is 5.48. The van der Waals surface area contributed by atoms with Crippen LogP contribution in [0, 0.1) is 18.8 Å². The zero-order valence-electron chi connectivity index (χ0n) is 12.9. The Kier molecular flexibility index (Phi) is 8.65. The van der Waals surface area contributed by atoms with Crippen molar-refractivity contribution in [1.29, 1.82) is 0 Å². The molecule has 0 fully saturated rings. The van der Waals surface area contributed by atoms with Crippen molar-refractivity contribution in [3.8, 4) is 11.8 Å². The van der Waals surface area contributed by atoms with Gasteiger partial charge in [0.05, 0.1) is 12.1 Å². The third-order valence-electron chi connectivity index (χ3n) is 3.06. The molecule has 1 rings (SSSR count). The number of carbonyl (C=O) groups is 1. The molecule has 0 aliphatic heterocycles. The molecule has 0 aromatic heterocycles. The minimum Gasteiger partial charge on any atom is -0.352 e. The number of benzene rings is 1. The van der Waals surface area contributed by atoms with E-state index in [1.54, 1.807) is 0 Å². The predicted molar refractivity (Wildman–Crippen MR) is 91.7 cm³/mol. The molecule has 1 aromatic rings. The largest absolute Gasteiger partial charge is 0.352 e. The summed E-state index contributed by atoms with van der Waals surface area (Å²) in [7, 11) is 0.